The summed E-state index contributed by atoms with van der Waals surface area (Å²) in [5, 5.41) is 6.55. The van der Waals surface area contributed by atoms with E-state index in [2.05, 4.69) is 26.3 Å². The predicted molar refractivity (Wildman–Crippen MR) is 133 cm³/mol. The zero-order chi connectivity index (χ0) is 21.4. The number of hydrogen-bond donors (Lipinski definition) is 1. The number of nitrogens with zero attached hydrogens (tertiary/aromatic N) is 4. The molecule has 0 spiro atoms. The number of halogens is 4. The van der Waals surface area contributed by atoms with Crippen LogP contribution in [0.4, 0.5) is 20.2 Å². The van der Waals surface area contributed by atoms with Gasteiger partial charge in [-0.3, -0.25) is 4.34 Å². The van der Waals surface area contributed by atoms with Gasteiger partial charge in [-0.2, -0.15) is 0 Å². The molecule has 5 nitrogen and oxygen atoms in total. The molecule has 1 aromatic carbocycles. The minimum atomic E-state index is -2.70. The van der Waals surface area contributed by atoms with Crippen molar-refractivity contribution in [1.82, 2.24) is 19.3 Å². The van der Waals surface area contributed by atoms with E-state index < -0.39 is 6.43 Å². The van der Waals surface area contributed by atoms with Gasteiger partial charge in [0.2, 0.25) is 0 Å². The topological polar surface area (TPSA) is 55.6 Å². The van der Waals surface area contributed by atoms with E-state index in [0.29, 0.717) is 16.9 Å². The largest absolute Gasteiger partial charge is 0.353 e. The van der Waals surface area contributed by atoms with Gasteiger partial charge < -0.3 is 5.32 Å². The molecule has 3 aromatic heterocycles. The van der Waals surface area contributed by atoms with Crippen LogP contribution in [0.5, 0.6) is 0 Å². The van der Waals surface area contributed by atoms with Crippen LogP contribution >= 0.6 is 63.1 Å². The fourth-order valence-electron chi connectivity index (χ4n) is 2.95. The highest BCUT2D eigenvalue weighted by molar-refractivity contribution is 14.2. The molecule has 4 rings (SSSR count). The van der Waals surface area contributed by atoms with Crippen molar-refractivity contribution in [3.63, 3.8) is 0 Å². The molecular formula is C18H14ClF2IN5PS2. The highest BCUT2D eigenvalue weighted by Crippen LogP contribution is 2.39. The molecule has 0 amide bonds. The lowest BCUT2D eigenvalue weighted by Gasteiger charge is -2.13. The molecule has 1 unspecified atom stereocenters. The highest BCUT2D eigenvalue weighted by Gasteiger charge is 2.22. The predicted octanol–water partition coefficient (Wildman–Crippen LogP) is 7.71. The van der Waals surface area contributed by atoms with Gasteiger partial charge in [0.05, 0.1) is 28.5 Å². The second kappa shape index (κ2) is 9.20. The van der Waals surface area contributed by atoms with Gasteiger partial charge in [-0.1, -0.05) is 17.7 Å². The minimum absolute atomic E-state index is 0.0276. The first-order valence-electron chi connectivity index (χ1n) is 8.52. The van der Waals surface area contributed by atoms with E-state index >= 15 is 0 Å². The maximum atomic E-state index is 13.5. The first kappa shape index (κ1) is 22.1. The van der Waals surface area contributed by atoms with E-state index in [4.69, 9.17) is 11.6 Å². The smallest absolute Gasteiger partial charge is 0.295 e. The molecule has 156 valence electrons. The quantitative estimate of drug-likeness (QED) is 0.107. The van der Waals surface area contributed by atoms with Crippen LogP contribution in [0, 0.1) is 6.92 Å². The number of pyridine rings is 1. The number of aromatic nitrogens is 4. The third-order valence-electron chi connectivity index (χ3n) is 4.28. The Balaban J connectivity index is 1.79. The molecule has 0 aliphatic heterocycles. The van der Waals surface area contributed by atoms with Crippen molar-refractivity contribution in [3.05, 3.63) is 45.6 Å². The Morgan fingerprint density at radius 1 is 1.23 bits per heavy atom. The second-order valence-electron chi connectivity index (χ2n) is 6.15. The normalized spacial score (nSPS) is 12.0. The van der Waals surface area contributed by atoms with Gasteiger partial charge in [-0.25, -0.2) is 23.7 Å². The van der Waals surface area contributed by atoms with Crippen LogP contribution in [0.1, 0.15) is 17.3 Å². The van der Waals surface area contributed by atoms with Gasteiger partial charge >= 0.3 is 0 Å². The number of imidazole rings is 1. The summed E-state index contributed by atoms with van der Waals surface area (Å²) in [7, 11) is 0. The third kappa shape index (κ3) is 4.29. The van der Waals surface area contributed by atoms with Crippen LogP contribution < -0.4 is 5.32 Å². The number of aryl methyl sites for hydroxylation is 1. The summed E-state index contributed by atoms with van der Waals surface area (Å²) in [5.74, 6) is -0.310. The fourth-order valence-corrected chi connectivity index (χ4v) is 6.25. The molecule has 0 saturated carbocycles. The fraction of sp³-hybridized carbons (Fsp3) is 0.167. The first-order valence-corrected chi connectivity index (χ1v) is 15.1. The maximum Gasteiger partial charge on any atom is 0.295 e. The number of fused-ring (bicyclic) bond motifs is 1. The van der Waals surface area contributed by atoms with Crippen LogP contribution in [0.3, 0.4) is 0 Å². The lowest BCUT2D eigenvalue weighted by molar-refractivity contribution is 0.140. The van der Waals surface area contributed by atoms with Gasteiger partial charge in [-0.15, -0.1) is 23.1 Å². The zero-order valence-corrected chi connectivity index (χ0v) is 21.1. The van der Waals surface area contributed by atoms with Crippen LogP contribution in [-0.2, 0) is 0 Å². The molecule has 0 saturated heterocycles. The Hall–Kier alpha value is -1.07. The van der Waals surface area contributed by atoms with Crippen LogP contribution in [0.25, 0.3) is 22.4 Å². The Kier molecular flexibility index (Phi) is 6.79. The second-order valence-corrected chi connectivity index (χ2v) is 10.5. The Bertz CT molecular complexity index is 1230. The Morgan fingerprint density at radius 3 is 2.67 bits per heavy atom. The van der Waals surface area contributed by atoms with Crippen molar-refractivity contribution in [3.8, 4) is 11.3 Å². The van der Waals surface area contributed by atoms with E-state index in [1.165, 1.54) is 4.34 Å². The van der Waals surface area contributed by atoms with Crippen LogP contribution in [0.2, 0.25) is 5.15 Å². The van der Waals surface area contributed by atoms with Crippen LogP contribution in [0.15, 0.2) is 34.5 Å². The molecule has 1 atom stereocenters. The van der Waals surface area contributed by atoms with E-state index in [0.717, 1.165) is 26.8 Å². The summed E-state index contributed by atoms with van der Waals surface area (Å²) < 4.78 is 28.3. The standard InChI is InChI=1S/C18H14ClF2IN5PS2/c1-8-23-12(7-30-8)9-3-4-10(13(5-9)29-2)24-11-6-14(19)25-17-15(11)26-18(16(20)21)27(17)28-22/h3-7,16,28H,1-2H3,(H,24,25). The summed E-state index contributed by atoms with van der Waals surface area (Å²) in [4.78, 5) is 13.9. The number of benzene rings is 1. The average Bonchev–Trinajstić information content (AvgIpc) is 3.31. The minimum Gasteiger partial charge on any atom is -0.353 e. The summed E-state index contributed by atoms with van der Waals surface area (Å²) in [6.07, 6.45) is -0.692. The van der Waals surface area contributed by atoms with Gasteiger partial charge in [0.25, 0.3) is 6.43 Å². The van der Waals surface area contributed by atoms with Crippen molar-refractivity contribution in [2.24, 2.45) is 0 Å². The molecule has 0 bridgehead atoms. The average molecular weight is 596 g/mol. The van der Waals surface area contributed by atoms with Gasteiger partial charge in [0, 0.05) is 21.9 Å². The van der Waals surface area contributed by atoms with Gasteiger partial charge in [-0.05, 0) is 47.4 Å². The van der Waals surface area contributed by atoms with E-state index in [1.807, 2.05) is 52.7 Å². The number of nitrogens with one attached hydrogen (secondary N) is 1. The summed E-state index contributed by atoms with van der Waals surface area (Å²) in [6, 6.07) is 7.58. The van der Waals surface area contributed by atoms with E-state index in [-0.39, 0.29) is 17.4 Å². The Morgan fingerprint density at radius 2 is 2.03 bits per heavy atom. The molecule has 1 N–H and O–H groups in total. The number of anilines is 2. The number of hydrogen-bond acceptors (Lipinski definition) is 6. The number of thiazole rings is 1. The van der Waals surface area contributed by atoms with Gasteiger partial charge in [0.1, 0.15) is 10.7 Å². The van der Waals surface area contributed by atoms with Gasteiger partial charge in [0.15, 0.2) is 11.5 Å². The highest BCUT2D eigenvalue weighted by atomic mass is 127. The SMILES string of the molecule is CSc1cc(-c2csc(C)n2)ccc1Nc1cc(Cl)nc2c1nc(C(F)F)n2PI. The molecule has 0 aliphatic rings. The monoisotopic (exact) mass is 595 g/mol. The van der Waals surface area contributed by atoms with Crippen molar-refractivity contribution in [2.75, 3.05) is 11.6 Å². The molecule has 30 heavy (non-hydrogen) atoms. The summed E-state index contributed by atoms with van der Waals surface area (Å²) in [5.41, 5.74) is 4.01. The van der Waals surface area contributed by atoms with Crippen molar-refractivity contribution in [1.29, 1.82) is 0 Å². The van der Waals surface area contributed by atoms with Crippen molar-refractivity contribution in [2.45, 2.75) is 18.2 Å². The van der Waals surface area contributed by atoms with Crippen LogP contribution in [-0.4, -0.2) is 25.5 Å². The molecule has 0 fully saturated rings. The number of rotatable bonds is 6. The number of alkyl halides is 2. The Labute approximate surface area is 199 Å². The molecular weight excluding hydrogens is 582 g/mol. The van der Waals surface area contributed by atoms with Crippen molar-refractivity contribution >= 4 is 85.7 Å². The molecule has 3 heterocycles. The lowest BCUT2D eigenvalue weighted by Crippen LogP contribution is -1.96. The first-order chi connectivity index (χ1) is 14.4. The third-order valence-corrected chi connectivity index (χ3v) is 8.08. The molecule has 0 aliphatic carbocycles. The lowest BCUT2D eigenvalue weighted by atomic mass is 10.1. The van der Waals surface area contributed by atoms with Crippen molar-refractivity contribution < 1.29 is 8.78 Å². The molecule has 0 radical (unpaired) electrons. The molecule has 12 heteroatoms. The van der Waals surface area contributed by atoms with E-state index in [9.17, 15) is 8.78 Å². The summed E-state index contributed by atoms with van der Waals surface area (Å²) >= 11 is 11.4. The zero-order valence-electron chi connectivity index (χ0n) is 15.6. The molecule has 4 aromatic rings. The maximum absolute atomic E-state index is 13.5. The number of thioether (sulfide) groups is 1. The summed E-state index contributed by atoms with van der Waals surface area (Å²) in [6.45, 7) is 1.97. The van der Waals surface area contributed by atoms with E-state index in [1.54, 1.807) is 29.2 Å².